The summed E-state index contributed by atoms with van der Waals surface area (Å²) in [6.07, 6.45) is 1.73. The molecule has 2 atom stereocenters. The maximum absolute atomic E-state index is 9.41. The van der Waals surface area contributed by atoms with E-state index in [0.29, 0.717) is 23.9 Å². The molecule has 36 heavy (non-hydrogen) atoms. The van der Waals surface area contributed by atoms with E-state index >= 15 is 0 Å². The van der Waals surface area contributed by atoms with Crippen LogP contribution in [0.4, 0.5) is 5.69 Å². The highest BCUT2D eigenvalue weighted by molar-refractivity contribution is 7.99. The molecule has 2 unspecified atom stereocenters. The smallest absolute Gasteiger partial charge is 0.203 e. The highest BCUT2D eigenvalue weighted by Crippen LogP contribution is 2.46. The van der Waals surface area contributed by atoms with Crippen LogP contribution in [-0.2, 0) is 4.74 Å². The maximum atomic E-state index is 9.41. The number of ether oxygens (including phenoxy) is 5. The number of methoxy groups -OCH3 is 3. The average molecular weight is 512 g/mol. The third-order valence-electron chi connectivity index (χ3n) is 6.17. The van der Waals surface area contributed by atoms with Gasteiger partial charge in [-0.15, -0.1) is 11.8 Å². The summed E-state index contributed by atoms with van der Waals surface area (Å²) < 4.78 is 29.0. The van der Waals surface area contributed by atoms with Crippen LogP contribution in [0.2, 0.25) is 0 Å². The number of nitrogens with one attached hydrogen (secondary N) is 1. The van der Waals surface area contributed by atoms with Crippen LogP contribution in [0.25, 0.3) is 0 Å². The first-order chi connectivity index (χ1) is 17.6. The quantitative estimate of drug-likeness (QED) is 0.232. The number of aromatic hydroxyl groups is 1. The number of anilines is 1. The zero-order chi connectivity index (χ0) is 25.5. The van der Waals surface area contributed by atoms with Gasteiger partial charge in [-0.3, -0.25) is 0 Å². The van der Waals surface area contributed by atoms with E-state index in [0.717, 1.165) is 46.1 Å². The molecule has 1 aliphatic rings. The van der Waals surface area contributed by atoms with E-state index in [1.54, 1.807) is 45.2 Å². The number of benzene rings is 3. The minimum absolute atomic E-state index is 0.0136. The molecule has 7 nitrogen and oxygen atoms in total. The molecule has 3 aromatic carbocycles. The van der Waals surface area contributed by atoms with Crippen LogP contribution in [0.15, 0.2) is 59.5 Å². The number of hydrogen-bond donors (Lipinski definition) is 2. The van der Waals surface area contributed by atoms with Crippen molar-refractivity contribution in [1.82, 2.24) is 0 Å². The third-order valence-corrected chi connectivity index (χ3v) is 7.15. The lowest BCUT2D eigenvalue weighted by molar-refractivity contribution is 0.0438. The summed E-state index contributed by atoms with van der Waals surface area (Å²) in [7, 11) is 6.73. The molecular formula is C28H33NO6S. The Balaban J connectivity index is 1.39. The van der Waals surface area contributed by atoms with Crippen molar-refractivity contribution in [3.05, 3.63) is 65.7 Å². The molecule has 2 N–H and O–H groups in total. The Bertz CT molecular complexity index is 1130. The van der Waals surface area contributed by atoms with E-state index in [4.69, 9.17) is 23.7 Å². The predicted molar refractivity (Wildman–Crippen MR) is 142 cm³/mol. The second kappa shape index (κ2) is 12.1. The van der Waals surface area contributed by atoms with Crippen LogP contribution in [-0.4, -0.2) is 45.8 Å². The van der Waals surface area contributed by atoms with Crippen LogP contribution in [0.1, 0.15) is 36.2 Å². The SMILES string of the molecule is CNc1cc(C2CCC(c3cc(OC)c(OC)c(OC)c3)O2)ccc1OCCSc1ccc(O)cc1. The van der Waals surface area contributed by atoms with Crippen LogP contribution in [0, 0.1) is 0 Å². The van der Waals surface area contributed by atoms with E-state index in [2.05, 4.69) is 17.4 Å². The summed E-state index contributed by atoms with van der Waals surface area (Å²) in [5.41, 5.74) is 3.05. The standard InChI is InChI=1S/C28H33NO6S/c1-29-22-15-18(5-10-25(22)34-13-14-36-21-8-6-20(30)7-9-21)23-11-12-24(35-23)19-16-26(31-2)28(33-4)27(17-19)32-3/h5-10,15-17,23-24,29-30H,11-14H2,1-4H3. The first-order valence-electron chi connectivity index (χ1n) is 11.9. The second-order valence-corrected chi connectivity index (χ2v) is 9.51. The monoisotopic (exact) mass is 511 g/mol. The van der Waals surface area contributed by atoms with Gasteiger partial charge in [0.05, 0.1) is 45.8 Å². The highest BCUT2D eigenvalue weighted by Gasteiger charge is 2.30. The predicted octanol–water partition coefficient (Wildman–Crippen LogP) is 6.22. The molecule has 8 heteroatoms. The second-order valence-electron chi connectivity index (χ2n) is 8.35. The van der Waals surface area contributed by atoms with Crippen molar-refractivity contribution in [2.24, 2.45) is 0 Å². The lowest BCUT2D eigenvalue weighted by Crippen LogP contribution is -2.05. The molecule has 1 heterocycles. The maximum Gasteiger partial charge on any atom is 0.203 e. The number of phenolic OH excluding ortho intramolecular Hbond substituents is 1. The van der Waals surface area contributed by atoms with E-state index < -0.39 is 0 Å². The van der Waals surface area contributed by atoms with Gasteiger partial charge in [-0.25, -0.2) is 0 Å². The van der Waals surface area contributed by atoms with E-state index in [1.165, 1.54) is 0 Å². The van der Waals surface area contributed by atoms with Gasteiger partial charge in [0.15, 0.2) is 11.5 Å². The number of rotatable bonds is 11. The minimum Gasteiger partial charge on any atom is -0.508 e. The van der Waals surface area contributed by atoms with Gasteiger partial charge in [-0.2, -0.15) is 0 Å². The molecule has 4 rings (SSSR count). The van der Waals surface area contributed by atoms with Gasteiger partial charge in [-0.05, 0) is 72.5 Å². The van der Waals surface area contributed by atoms with Crippen molar-refractivity contribution in [3.8, 4) is 28.7 Å². The van der Waals surface area contributed by atoms with E-state index in [9.17, 15) is 5.11 Å². The van der Waals surface area contributed by atoms with Gasteiger partial charge < -0.3 is 34.1 Å². The topological polar surface area (TPSA) is 78.4 Å². The number of hydrogen-bond acceptors (Lipinski definition) is 8. The van der Waals surface area contributed by atoms with E-state index in [-0.39, 0.29) is 18.0 Å². The molecule has 0 amide bonds. The molecule has 192 valence electrons. The van der Waals surface area contributed by atoms with Gasteiger partial charge in [0.2, 0.25) is 5.75 Å². The Morgan fingerprint density at radius 3 is 2.14 bits per heavy atom. The minimum atomic E-state index is -0.0606. The Morgan fingerprint density at radius 1 is 0.861 bits per heavy atom. The van der Waals surface area contributed by atoms with Crippen LogP contribution >= 0.6 is 11.8 Å². The molecule has 0 aliphatic carbocycles. The zero-order valence-corrected chi connectivity index (χ0v) is 21.9. The van der Waals surface area contributed by atoms with E-state index in [1.807, 2.05) is 37.4 Å². The average Bonchev–Trinajstić information content (AvgIpc) is 3.41. The zero-order valence-electron chi connectivity index (χ0n) is 21.1. The summed E-state index contributed by atoms with van der Waals surface area (Å²) in [5, 5.41) is 12.7. The van der Waals surface area contributed by atoms with Crippen LogP contribution in [0.3, 0.4) is 0 Å². The molecular weight excluding hydrogens is 478 g/mol. The number of thioether (sulfide) groups is 1. The summed E-state index contributed by atoms with van der Waals surface area (Å²) >= 11 is 1.69. The summed E-state index contributed by atoms with van der Waals surface area (Å²) in [4.78, 5) is 1.10. The molecule has 0 bridgehead atoms. The van der Waals surface area contributed by atoms with Crippen LogP contribution < -0.4 is 24.3 Å². The first kappa shape index (κ1) is 25.9. The molecule has 0 radical (unpaired) electrons. The first-order valence-corrected chi connectivity index (χ1v) is 12.9. The van der Waals surface area contributed by atoms with Gasteiger partial charge in [-0.1, -0.05) is 6.07 Å². The van der Waals surface area contributed by atoms with Crippen molar-refractivity contribution in [3.63, 3.8) is 0 Å². The van der Waals surface area contributed by atoms with Gasteiger partial charge in [0, 0.05) is 17.7 Å². The van der Waals surface area contributed by atoms with Crippen molar-refractivity contribution >= 4 is 17.4 Å². The summed E-state index contributed by atoms with van der Waals surface area (Å²) in [5.74, 6) is 3.72. The molecule has 0 spiro atoms. The highest BCUT2D eigenvalue weighted by atomic mass is 32.2. The summed E-state index contributed by atoms with van der Waals surface area (Å²) in [6, 6.07) is 17.3. The Labute approximate surface area is 216 Å². The molecule has 1 aliphatic heterocycles. The fourth-order valence-corrected chi connectivity index (χ4v) is 5.07. The summed E-state index contributed by atoms with van der Waals surface area (Å²) in [6.45, 7) is 0.572. The normalized spacial score (nSPS) is 17.0. The Kier molecular flexibility index (Phi) is 8.72. The van der Waals surface area contributed by atoms with Gasteiger partial charge >= 0.3 is 0 Å². The fraction of sp³-hybridized carbons (Fsp3) is 0.357. The third kappa shape index (κ3) is 5.94. The number of phenols is 1. The lowest BCUT2D eigenvalue weighted by atomic mass is 10.0. The van der Waals surface area contributed by atoms with Crippen molar-refractivity contribution in [1.29, 1.82) is 0 Å². The van der Waals surface area contributed by atoms with Gasteiger partial charge in [0.1, 0.15) is 11.5 Å². The van der Waals surface area contributed by atoms with Crippen molar-refractivity contribution in [2.75, 3.05) is 46.1 Å². The fourth-order valence-electron chi connectivity index (χ4n) is 4.34. The Hall–Kier alpha value is -3.23. The Morgan fingerprint density at radius 2 is 1.53 bits per heavy atom. The molecule has 3 aromatic rings. The molecule has 0 saturated carbocycles. The lowest BCUT2D eigenvalue weighted by Gasteiger charge is -2.19. The molecule has 1 fully saturated rings. The van der Waals surface area contributed by atoms with Crippen molar-refractivity contribution < 1.29 is 28.8 Å². The van der Waals surface area contributed by atoms with Gasteiger partial charge in [0.25, 0.3) is 0 Å². The largest absolute Gasteiger partial charge is 0.508 e. The van der Waals surface area contributed by atoms with Crippen molar-refractivity contribution in [2.45, 2.75) is 29.9 Å². The molecule has 1 saturated heterocycles. The molecule has 0 aromatic heterocycles. The van der Waals surface area contributed by atoms with Crippen LogP contribution in [0.5, 0.6) is 28.7 Å².